The summed E-state index contributed by atoms with van der Waals surface area (Å²) in [7, 11) is 0. The van der Waals surface area contributed by atoms with Crippen molar-refractivity contribution in [3.63, 3.8) is 0 Å². The predicted octanol–water partition coefficient (Wildman–Crippen LogP) is 3.11. The van der Waals surface area contributed by atoms with Gasteiger partial charge in [-0.25, -0.2) is 4.98 Å². The number of hydrogen-bond acceptors (Lipinski definition) is 2. The smallest absolute Gasteiger partial charge is 0.127 e. The number of hydrogen-bond donors (Lipinski definition) is 1. The van der Waals surface area contributed by atoms with E-state index in [4.69, 9.17) is 17.3 Å². The largest absolute Gasteiger partial charge is 0.324 e. The third-order valence-electron chi connectivity index (χ3n) is 2.95. The van der Waals surface area contributed by atoms with E-state index in [0.717, 1.165) is 27.6 Å². The summed E-state index contributed by atoms with van der Waals surface area (Å²) in [6.07, 6.45) is 1.83. The van der Waals surface area contributed by atoms with Gasteiger partial charge in [-0.15, -0.1) is 0 Å². The summed E-state index contributed by atoms with van der Waals surface area (Å²) >= 11 is 5.92. The summed E-state index contributed by atoms with van der Waals surface area (Å²) in [5, 5.41) is 0.732. The van der Waals surface area contributed by atoms with E-state index in [1.807, 2.05) is 42.6 Å². The van der Waals surface area contributed by atoms with Crippen molar-refractivity contribution >= 4 is 17.1 Å². The lowest BCUT2D eigenvalue weighted by Gasteiger charge is -2.08. The lowest BCUT2D eigenvalue weighted by molar-refractivity contribution is 0.907. The number of fused-ring (bicyclic) bond motifs is 1. The normalized spacial score (nSPS) is 11.0. The zero-order valence-corrected chi connectivity index (χ0v) is 10.4. The second-order valence-corrected chi connectivity index (χ2v) is 4.49. The maximum atomic E-state index is 5.92. The Balaban J connectivity index is 2.28. The molecule has 2 heterocycles. The van der Waals surface area contributed by atoms with Gasteiger partial charge in [0.2, 0.25) is 0 Å². The first-order valence-electron chi connectivity index (χ1n) is 5.71. The van der Waals surface area contributed by atoms with Crippen molar-refractivity contribution in [3.8, 4) is 11.3 Å². The fourth-order valence-electron chi connectivity index (χ4n) is 2.10. The van der Waals surface area contributed by atoms with Gasteiger partial charge in [0.15, 0.2) is 0 Å². The second kappa shape index (κ2) is 4.44. The Morgan fingerprint density at radius 3 is 2.61 bits per heavy atom. The van der Waals surface area contributed by atoms with E-state index in [-0.39, 0.29) is 0 Å². The Bertz CT molecular complexity index is 686. The van der Waals surface area contributed by atoms with E-state index in [2.05, 4.69) is 15.5 Å². The van der Waals surface area contributed by atoms with Crippen molar-refractivity contribution < 1.29 is 0 Å². The van der Waals surface area contributed by atoms with E-state index in [1.165, 1.54) is 0 Å². The maximum absolute atomic E-state index is 5.92. The first-order chi connectivity index (χ1) is 8.79. The highest BCUT2D eigenvalue weighted by atomic mass is 35.5. The van der Waals surface area contributed by atoms with Crippen molar-refractivity contribution in [1.29, 1.82) is 0 Å². The van der Waals surface area contributed by atoms with Crippen LogP contribution in [0.2, 0.25) is 5.02 Å². The van der Waals surface area contributed by atoms with Crippen LogP contribution in [0.15, 0.2) is 48.7 Å². The average molecular weight is 258 g/mol. The predicted molar refractivity (Wildman–Crippen MR) is 73.5 cm³/mol. The zero-order valence-electron chi connectivity index (χ0n) is 9.68. The Hall–Kier alpha value is -1.84. The van der Waals surface area contributed by atoms with Crippen LogP contribution < -0.4 is 5.73 Å². The molecule has 90 valence electrons. The summed E-state index contributed by atoms with van der Waals surface area (Å²) < 4.78 is 2.07. The van der Waals surface area contributed by atoms with Crippen LogP contribution in [0.1, 0.15) is 5.82 Å². The maximum Gasteiger partial charge on any atom is 0.127 e. The molecule has 0 radical (unpaired) electrons. The second-order valence-electron chi connectivity index (χ2n) is 4.06. The molecule has 0 bridgehead atoms. The number of halogens is 1. The van der Waals surface area contributed by atoms with Gasteiger partial charge in [-0.2, -0.15) is 0 Å². The molecule has 0 amide bonds. The quantitative estimate of drug-likeness (QED) is 0.767. The van der Waals surface area contributed by atoms with E-state index in [1.54, 1.807) is 0 Å². The van der Waals surface area contributed by atoms with Gasteiger partial charge >= 0.3 is 0 Å². The van der Waals surface area contributed by atoms with Gasteiger partial charge in [0.1, 0.15) is 5.82 Å². The van der Waals surface area contributed by atoms with Gasteiger partial charge in [-0.3, -0.25) is 4.40 Å². The highest BCUT2D eigenvalue weighted by Gasteiger charge is 2.07. The van der Waals surface area contributed by atoms with Crippen LogP contribution in [0.25, 0.3) is 16.8 Å². The molecular formula is C14H12ClN3. The molecule has 3 aromatic rings. The molecular weight excluding hydrogens is 246 g/mol. The standard InChI is InChI=1S/C14H12ClN3/c15-11-6-4-10(5-7-11)13-3-1-2-12-9-17-14(8-16)18(12)13/h1-7,9H,8,16H2. The van der Waals surface area contributed by atoms with Gasteiger partial charge in [-0.1, -0.05) is 29.8 Å². The van der Waals surface area contributed by atoms with Gasteiger partial charge in [0.05, 0.1) is 24.0 Å². The molecule has 1 aromatic carbocycles. The number of aromatic nitrogens is 2. The Morgan fingerprint density at radius 1 is 1.11 bits per heavy atom. The molecule has 4 heteroatoms. The minimum Gasteiger partial charge on any atom is -0.324 e. The molecule has 0 aliphatic rings. The highest BCUT2D eigenvalue weighted by molar-refractivity contribution is 6.30. The minimum atomic E-state index is 0.415. The van der Waals surface area contributed by atoms with E-state index < -0.39 is 0 Å². The number of nitrogens with two attached hydrogens (primary N) is 1. The van der Waals surface area contributed by atoms with Gasteiger partial charge in [0.25, 0.3) is 0 Å². The summed E-state index contributed by atoms with van der Waals surface area (Å²) in [5.74, 6) is 0.857. The average Bonchev–Trinajstić information content (AvgIpc) is 2.82. The fraction of sp³-hybridized carbons (Fsp3) is 0.0714. The summed E-state index contributed by atoms with van der Waals surface area (Å²) in [4.78, 5) is 4.33. The Labute approximate surface area is 110 Å². The van der Waals surface area contributed by atoms with Crippen LogP contribution in [0.5, 0.6) is 0 Å². The Kier molecular flexibility index (Phi) is 2.78. The van der Waals surface area contributed by atoms with E-state index in [0.29, 0.717) is 6.54 Å². The summed E-state index contributed by atoms with van der Waals surface area (Å²) in [6.45, 7) is 0.415. The monoisotopic (exact) mass is 257 g/mol. The third-order valence-corrected chi connectivity index (χ3v) is 3.20. The molecule has 2 N–H and O–H groups in total. The number of pyridine rings is 1. The zero-order chi connectivity index (χ0) is 12.5. The SMILES string of the molecule is NCc1ncc2cccc(-c3ccc(Cl)cc3)n12. The number of imidazole rings is 1. The topological polar surface area (TPSA) is 43.3 Å². The van der Waals surface area contributed by atoms with Crippen molar-refractivity contribution in [3.05, 3.63) is 59.5 Å². The van der Waals surface area contributed by atoms with Crippen LogP contribution in [0, 0.1) is 0 Å². The van der Waals surface area contributed by atoms with E-state index >= 15 is 0 Å². The van der Waals surface area contributed by atoms with Crippen LogP contribution in [0.3, 0.4) is 0 Å². The molecule has 2 aromatic heterocycles. The fourth-order valence-corrected chi connectivity index (χ4v) is 2.23. The lowest BCUT2D eigenvalue weighted by atomic mass is 10.1. The Morgan fingerprint density at radius 2 is 1.89 bits per heavy atom. The molecule has 0 aliphatic heterocycles. The molecule has 0 spiro atoms. The lowest BCUT2D eigenvalue weighted by Crippen LogP contribution is -2.04. The molecule has 0 fully saturated rings. The van der Waals surface area contributed by atoms with Crippen molar-refractivity contribution in [2.75, 3.05) is 0 Å². The molecule has 0 aliphatic carbocycles. The molecule has 0 saturated carbocycles. The minimum absolute atomic E-state index is 0.415. The molecule has 3 nitrogen and oxygen atoms in total. The van der Waals surface area contributed by atoms with Crippen LogP contribution in [-0.4, -0.2) is 9.38 Å². The van der Waals surface area contributed by atoms with Crippen LogP contribution >= 0.6 is 11.6 Å². The van der Waals surface area contributed by atoms with Crippen molar-refractivity contribution in [2.24, 2.45) is 5.73 Å². The molecule has 0 atom stereocenters. The molecule has 0 unspecified atom stereocenters. The summed E-state index contributed by atoms with van der Waals surface area (Å²) in [6, 6.07) is 13.8. The van der Waals surface area contributed by atoms with E-state index in [9.17, 15) is 0 Å². The van der Waals surface area contributed by atoms with Crippen molar-refractivity contribution in [1.82, 2.24) is 9.38 Å². The van der Waals surface area contributed by atoms with Crippen molar-refractivity contribution in [2.45, 2.75) is 6.54 Å². The first kappa shape index (κ1) is 11.3. The molecule has 18 heavy (non-hydrogen) atoms. The van der Waals surface area contributed by atoms with Gasteiger partial charge in [0, 0.05) is 5.02 Å². The number of nitrogens with zero attached hydrogens (tertiary/aromatic N) is 2. The molecule has 0 saturated heterocycles. The van der Waals surface area contributed by atoms with Crippen LogP contribution in [-0.2, 0) is 6.54 Å². The number of rotatable bonds is 2. The van der Waals surface area contributed by atoms with Gasteiger partial charge in [-0.05, 0) is 29.8 Å². The van der Waals surface area contributed by atoms with Crippen LogP contribution in [0.4, 0.5) is 0 Å². The third kappa shape index (κ3) is 1.78. The number of benzene rings is 1. The summed E-state index contributed by atoms with van der Waals surface area (Å²) in [5.41, 5.74) is 8.94. The first-order valence-corrected chi connectivity index (χ1v) is 6.09. The molecule has 3 rings (SSSR count). The van der Waals surface area contributed by atoms with Gasteiger partial charge < -0.3 is 5.73 Å². The highest BCUT2D eigenvalue weighted by Crippen LogP contribution is 2.23.